The summed E-state index contributed by atoms with van der Waals surface area (Å²) in [6.07, 6.45) is 1.92. The summed E-state index contributed by atoms with van der Waals surface area (Å²) >= 11 is 3.37. The lowest BCUT2D eigenvalue weighted by atomic mass is 10.1. The largest absolute Gasteiger partial charge is 0.380 e. The number of anilines is 1. The number of carbonyl (C=O) groups excluding carboxylic acids is 1. The number of ether oxygens (including phenoxy) is 1. The summed E-state index contributed by atoms with van der Waals surface area (Å²) in [4.78, 5) is 13.2. The molecule has 4 heteroatoms. The second kappa shape index (κ2) is 5.46. The molecule has 1 fully saturated rings. The van der Waals surface area contributed by atoms with Gasteiger partial charge in [-0.25, -0.2) is 0 Å². The Morgan fingerprint density at radius 2 is 2.19 bits per heavy atom. The van der Waals surface area contributed by atoms with E-state index in [1.165, 1.54) is 0 Å². The first-order valence-electron chi connectivity index (χ1n) is 5.38. The fraction of sp³-hybridized carbons (Fsp3) is 0.417. The van der Waals surface area contributed by atoms with Crippen molar-refractivity contribution in [2.24, 2.45) is 0 Å². The summed E-state index contributed by atoms with van der Waals surface area (Å²) in [6, 6.07) is 5.81. The third kappa shape index (κ3) is 2.62. The van der Waals surface area contributed by atoms with Gasteiger partial charge in [-0.05, 0) is 24.6 Å². The van der Waals surface area contributed by atoms with Crippen LogP contribution in [0.3, 0.4) is 0 Å². The molecule has 1 aromatic rings. The molecule has 1 aliphatic rings. The molecule has 2 rings (SSSR count). The van der Waals surface area contributed by atoms with Crippen molar-refractivity contribution in [2.75, 3.05) is 31.2 Å². The first kappa shape index (κ1) is 11.6. The average molecular weight is 284 g/mol. The van der Waals surface area contributed by atoms with Crippen LogP contribution >= 0.6 is 15.9 Å². The lowest BCUT2D eigenvalue weighted by Gasteiger charge is -2.23. The number of hydrogen-bond acceptors (Lipinski definition) is 3. The zero-order valence-electron chi connectivity index (χ0n) is 8.99. The molecule has 1 saturated heterocycles. The normalized spacial score (nSPS) is 16.9. The molecule has 0 unspecified atom stereocenters. The Balaban J connectivity index is 2.26. The number of nitrogens with zero attached hydrogens (tertiary/aromatic N) is 1. The fourth-order valence-electron chi connectivity index (χ4n) is 1.89. The maximum Gasteiger partial charge on any atom is 0.152 e. The lowest BCUT2D eigenvalue weighted by molar-refractivity contribution is 0.112. The molecule has 0 atom stereocenters. The van der Waals surface area contributed by atoms with Crippen molar-refractivity contribution in [3.05, 3.63) is 28.2 Å². The molecule has 86 valence electrons. The minimum absolute atomic E-state index is 0.731. The van der Waals surface area contributed by atoms with Crippen molar-refractivity contribution in [1.29, 1.82) is 0 Å². The zero-order valence-corrected chi connectivity index (χ0v) is 10.6. The summed E-state index contributed by atoms with van der Waals surface area (Å²) in [7, 11) is 0. The maximum absolute atomic E-state index is 11.0. The van der Waals surface area contributed by atoms with Crippen LogP contribution in [0, 0.1) is 0 Å². The minimum Gasteiger partial charge on any atom is -0.380 e. The van der Waals surface area contributed by atoms with Gasteiger partial charge in [-0.3, -0.25) is 4.79 Å². The second-order valence-electron chi connectivity index (χ2n) is 3.77. The van der Waals surface area contributed by atoms with E-state index in [-0.39, 0.29) is 0 Å². The number of carbonyl (C=O) groups is 1. The monoisotopic (exact) mass is 283 g/mol. The maximum atomic E-state index is 11.0. The molecule has 0 aromatic heterocycles. The fourth-order valence-corrected chi connectivity index (χ4v) is 2.27. The Bertz CT molecular complexity index is 373. The molecule has 1 aromatic carbocycles. The Morgan fingerprint density at radius 1 is 1.31 bits per heavy atom. The first-order valence-corrected chi connectivity index (χ1v) is 6.18. The number of hydrogen-bond donors (Lipinski definition) is 0. The molecule has 0 saturated carbocycles. The van der Waals surface area contributed by atoms with Crippen LogP contribution in [-0.4, -0.2) is 32.6 Å². The van der Waals surface area contributed by atoms with Gasteiger partial charge in [0, 0.05) is 35.4 Å². The first-order chi connectivity index (χ1) is 7.81. The molecule has 1 heterocycles. The topological polar surface area (TPSA) is 29.5 Å². The van der Waals surface area contributed by atoms with Crippen LogP contribution in [0.5, 0.6) is 0 Å². The van der Waals surface area contributed by atoms with Crippen LogP contribution in [0.4, 0.5) is 5.69 Å². The van der Waals surface area contributed by atoms with Crippen LogP contribution < -0.4 is 4.90 Å². The lowest BCUT2D eigenvalue weighted by Crippen LogP contribution is -2.26. The van der Waals surface area contributed by atoms with Crippen LogP contribution in [0.1, 0.15) is 16.8 Å². The van der Waals surface area contributed by atoms with Gasteiger partial charge in [-0.2, -0.15) is 0 Å². The molecule has 0 aliphatic carbocycles. The van der Waals surface area contributed by atoms with Gasteiger partial charge in [-0.15, -0.1) is 0 Å². The van der Waals surface area contributed by atoms with E-state index in [0.717, 1.165) is 54.7 Å². The molecule has 0 N–H and O–H groups in total. The Hall–Kier alpha value is -0.870. The van der Waals surface area contributed by atoms with E-state index < -0.39 is 0 Å². The predicted molar refractivity (Wildman–Crippen MR) is 67.2 cm³/mol. The summed E-state index contributed by atoms with van der Waals surface area (Å²) < 4.78 is 6.34. The van der Waals surface area contributed by atoms with Gasteiger partial charge in [-0.1, -0.05) is 15.9 Å². The van der Waals surface area contributed by atoms with E-state index in [1.807, 2.05) is 18.2 Å². The van der Waals surface area contributed by atoms with Gasteiger partial charge >= 0.3 is 0 Å². The summed E-state index contributed by atoms with van der Waals surface area (Å²) in [5.41, 5.74) is 1.74. The van der Waals surface area contributed by atoms with Gasteiger partial charge in [0.25, 0.3) is 0 Å². The van der Waals surface area contributed by atoms with Crippen molar-refractivity contribution < 1.29 is 9.53 Å². The highest BCUT2D eigenvalue weighted by atomic mass is 79.9. The Labute approximate surface area is 104 Å². The number of rotatable bonds is 2. The standard InChI is InChI=1S/C12H14BrNO2/c13-11-2-3-12(10(8-11)9-15)14-4-1-6-16-7-5-14/h2-3,8-9H,1,4-7H2. The molecule has 0 amide bonds. The van der Waals surface area contributed by atoms with Crippen LogP contribution in [0.15, 0.2) is 22.7 Å². The van der Waals surface area contributed by atoms with E-state index in [2.05, 4.69) is 20.8 Å². The van der Waals surface area contributed by atoms with Crippen molar-refractivity contribution in [3.8, 4) is 0 Å². The van der Waals surface area contributed by atoms with Crippen LogP contribution in [0.2, 0.25) is 0 Å². The highest BCUT2D eigenvalue weighted by Gasteiger charge is 2.13. The molecular formula is C12H14BrNO2. The van der Waals surface area contributed by atoms with E-state index >= 15 is 0 Å². The Morgan fingerprint density at radius 3 is 3.00 bits per heavy atom. The summed E-state index contributed by atoms with van der Waals surface area (Å²) in [5.74, 6) is 0. The van der Waals surface area contributed by atoms with Crippen LogP contribution in [0.25, 0.3) is 0 Å². The predicted octanol–water partition coefficient (Wildman–Crippen LogP) is 2.49. The number of benzene rings is 1. The SMILES string of the molecule is O=Cc1cc(Br)ccc1N1CCCOCC1. The van der Waals surface area contributed by atoms with Crippen molar-refractivity contribution >= 4 is 27.9 Å². The van der Waals surface area contributed by atoms with E-state index in [9.17, 15) is 4.79 Å². The molecule has 0 bridgehead atoms. The zero-order chi connectivity index (χ0) is 11.4. The smallest absolute Gasteiger partial charge is 0.152 e. The quantitative estimate of drug-likeness (QED) is 0.781. The van der Waals surface area contributed by atoms with Gasteiger partial charge in [0.15, 0.2) is 6.29 Å². The Kier molecular flexibility index (Phi) is 3.96. The highest BCUT2D eigenvalue weighted by molar-refractivity contribution is 9.10. The van der Waals surface area contributed by atoms with Gasteiger partial charge in [0.1, 0.15) is 0 Å². The third-order valence-electron chi connectivity index (χ3n) is 2.68. The molecule has 0 spiro atoms. The molecule has 16 heavy (non-hydrogen) atoms. The van der Waals surface area contributed by atoms with E-state index in [0.29, 0.717) is 0 Å². The van der Waals surface area contributed by atoms with Crippen molar-refractivity contribution in [1.82, 2.24) is 0 Å². The van der Waals surface area contributed by atoms with Crippen molar-refractivity contribution in [2.45, 2.75) is 6.42 Å². The van der Waals surface area contributed by atoms with Gasteiger partial charge < -0.3 is 9.64 Å². The summed E-state index contributed by atoms with van der Waals surface area (Å²) in [5, 5.41) is 0. The van der Waals surface area contributed by atoms with Crippen molar-refractivity contribution in [3.63, 3.8) is 0 Å². The van der Waals surface area contributed by atoms with E-state index in [4.69, 9.17) is 4.74 Å². The minimum atomic E-state index is 0.731. The highest BCUT2D eigenvalue weighted by Crippen LogP contribution is 2.24. The van der Waals surface area contributed by atoms with Crippen LogP contribution in [-0.2, 0) is 4.74 Å². The summed E-state index contributed by atoms with van der Waals surface area (Å²) in [6.45, 7) is 3.34. The van der Waals surface area contributed by atoms with Gasteiger partial charge in [0.05, 0.1) is 6.61 Å². The number of halogens is 1. The molecule has 3 nitrogen and oxygen atoms in total. The average Bonchev–Trinajstić information content (AvgIpc) is 2.57. The second-order valence-corrected chi connectivity index (χ2v) is 4.69. The molecular weight excluding hydrogens is 270 g/mol. The molecule has 1 aliphatic heterocycles. The van der Waals surface area contributed by atoms with Gasteiger partial charge in [0.2, 0.25) is 0 Å². The van der Waals surface area contributed by atoms with E-state index in [1.54, 1.807) is 0 Å². The molecule has 0 radical (unpaired) electrons. The third-order valence-corrected chi connectivity index (χ3v) is 3.17. The number of aldehydes is 1.